The monoisotopic (exact) mass is 224 g/mol. The van der Waals surface area contributed by atoms with Crippen LogP contribution in [0.5, 0.6) is 0 Å². The van der Waals surface area contributed by atoms with Crippen molar-refractivity contribution in [1.82, 2.24) is 0 Å². The van der Waals surface area contributed by atoms with Gasteiger partial charge in [-0.15, -0.1) is 0 Å². The van der Waals surface area contributed by atoms with Crippen molar-refractivity contribution in [3.8, 4) is 0 Å². The van der Waals surface area contributed by atoms with Crippen LogP contribution in [0.15, 0.2) is 0 Å². The van der Waals surface area contributed by atoms with Crippen molar-refractivity contribution in [3.63, 3.8) is 0 Å². The molecule has 1 unspecified atom stereocenters. The van der Waals surface area contributed by atoms with Gasteiger partial charge in [0, 0.05) is 0 Å². The van der Waals surface area contributed by atoms with E-state index >= 15 is 0 Å². The first-order chi connectivity index (χ1) is 6.45. The summed E-state index contributed by atoms with van der Waals surface area (Å²) in [5, 5.41) is 9.21. The second-order valence-corrected chi connectivity index (χ2v) is 5.12. The van der Waals surface area contributed by atoms with Crippen molar-refractivity contribution >= 4 is 10.1 Å². The molecule has 0 bridgehead atoms. The first-order valence-electron chi connectivity index (χ1n) is 5.09. The third-order valence-electron chi connectivity index (χ3n) is 2.16. The van der Waals surface area contributed by atoms with Crippen molar-refractivity contribution in [1.29, 1.82) is 0 Å². The molecule has 0 aromatic rings. The molecule has 0 radical (unpaired) electrons. The zero-order valence-electron chi connectivity index (χ0n) is 8.65. The highest BCUT2D eigenvalue weighted by atomic mass is 32.2. The minimum Gasteiger partial charge on any atom is -0.393 e. The predicted molar refractivity (Wildman–Crippen MR) is 55.8 cm³/mol. The lowest BCUT2D eigenvalue weighted by Crippen LogP contribution is -2.05. The van der Waals surface area contributed by atoms with Gasteiger partial charge < -0.3 is 5.11 Å². The molecule has 0 aromatic carbocycles. The molecular weight excluding hydrogens is 204 g/mol. The van der Waals surface area contributed by atoms with Crippen LogP contribution in [0.2, 0.25) is 0 Å². The van der Waals surface area contributed by atoms with E-state index in [1.165, 1.54) is 0 Å². The molecule has 86 valence electrons. The summed E-state index contributed by atoms with van der Waals surface area (Å²) in [5.74, 6) is -0.149. The summed E-state index contributed by atoms with van der Waals surface area (Å²) in [6, 6.07) is 0. The van der Waals surface area contributed by atoms with Crippen LogP contribution in [-0.4, -0.2) is 29.9 Å². The van der Waals surface area contributed by atoms with Crippen LogP contribution in [-0.2, 0) is 10.1 Å². The third-order valence-corrected chi connectivity index (χ3v) is 2.97. The van der Waals surface area contributed by atoms with Crippen LogP contribution in [0.3, 0.4) is 0 Å². The van der Waals surface area contributed by atoms with Crippen molar-refractivity contribution in [2.75, 3.05) is 5.75 Å². The number of aliphatic hydroxyl groups is 1. The van der Waals surface area contributed by atoms with Crippen molar-refractivity contribution in [2.45, 2.75) is 51.6 Å². The van der Waals surface area contributed by atoms with Crippen LogP contribution < -0.4 is 0 Å². The first-order valence-corrected chi connectivity index (χ1v) is 6.70. The zero-order chi connectivity index (χ0) is 11.0. The molecular formula is C9H20O4S. The van der Waals surface area contributed by atoms with E-state index in [1.807, 2.05) is 6.92 Å². The fourth-order valence-corrected chi connectivity index (χ4v) is 1.79. The van der Waals surface area contributed by atoms with Crippen LogP contribution >= 0.6 is 0 Å². The molecule has 1 atom stereocenters. The van der Waals surface area contributed by atoms with E-state index in [4.69, 9.17) is 4.55 Å². The Morgan fingerprint density at radius 3 is 2.21 bits per heavy atom. The van der Waals surface area contributed by atoms with Gasteiger partial charge in [-0.2, -0.15) is 8.42 Å². The standard InChI is InChI=1S/C9H20O4S/c1-2-9(10)7-5-3-4-6-8-14(11,12)13/h9-10H,2-8H2,1H3,(H,11,12,13). The van der Waals surface area contributed by atoms with Gasteiger partial charge in [0.05, 0.1) is 11.9 Å². The molecule has 0 amide bonds. The lowest BCUT2D eigenvalue weighted by Gasteiger charge is -2.06. The van der Waals surface area contributed by atoms with E-state index in [9.17, 15) is 13.5 Å². The van der Waals surface area contributed by atoms with Gasteiger partial charge in [0.1, 0.15) is 0 Å². The molecule has 4 nitrogen and oxygen atoms in total. The molecule has 0 aliphatic rings. The molecule has 14 heavy (non-hydrogen) atoms. The second kappa shape index (κ2) is 7.20. The minimum atomic E-state index is -3.78. The lowest BCUT2D eigenvalue weighted by molar-refractivity contribution is 0.156. The zero-order valence-corrected chi connectivity index (χ0v) is 9.46. The first kappa shape index (κ1) is 13.9. The topological polar surface area (TPSA) is 74.6 Å². The molecule has 0 saturated carbocycles. The second-order valence-electron chi connectivity index (χ2n) is 3.55. The van der Waals surface area contributed by atoms with Gasteiger partial charge in [-0.3, -0.25) is 4.55 Å². The Hall–Kier alpha value is -0.130. The number of hydrogen-bond donors (Lipinski definition) is 2. The molecule has 2 N–H and O–H groups in total. The molecule has 0 aliphatic heterocycles. The Morgan fingerprint density at radius 1 is 1.14 bits per heavy atom. The molecule has 0 heterocycles. The van der Waals surface area contributed by atoms with Gasteiger partial charge in [-0.25, -0.2) is 0 Å². The van der Waals surface area contributed by atoms with Crippen molar-refractivity contribution < 1.29 is 18.1 Å². The Morgan fingerprint density at radius 2 is 1.71 bits per heavy atom. The molecule has 0 fully saturated rings. The average Bonchev–Trinajstić information content (AvgIpc) is 2.08. The normalized spacial score (nSPS) is 14.2. The van der Waals surface area contributed by atoms with E-state index in [0.29, 0.717) is 6.42 Å². The Labute approximate surface area is 86.1 Å². The lowest BCUT2D eigenvalue weighted by atomic mass is 10.1. The molecule has 0 saturated heterocycles. The Bertz CT molecular complexity index is 223. The SMILES string of the molecule is CCC(O)CCCCCCS(=O)(=O)O. The molecule has 0 aliphatic carbocycles. The van der Waals surface area contributed by atoms with Gasteiger partial charge in [0.2, 0.25) is 0 Å². The summed E-state index contributed by atoms with van der Waals surface area (Å²) in [7, 11) is -3.78. The maximum Gasteiger partial charge on any atom is 0.264 e. The van der Waals surface area contributed by atoms with E-state index in [1.54, 1.807) is 0 Å². The largest absolute Gasteiger partial charge is 0.393 e. The summed E-state index contributed by atoms with van der Waals surface area (Å²) >= 11 is 0. The van der Waals surface area contributed by atoms with Crippen LogP contribution in [0.4, 0.5) is 0 Å². The van der Waals surface area contributed by atoms with Crippen molar-refractivity contribution in [3.05, 3.63) is 0 Å². The quantitative estimate of drug-likeness (QED) is 0.485. The Kier molecular flexibility index (Phi) is 7.13. The van der Waals surface area contributed by atoms with Gasteiger partial charge in [0.25, 0.3) is 10.1 Å². The predicted octanol–water partition coefficient (Wildman–Crippen LogP) is 1.60. The number of aliphatic hydroxyl groups excluding tert-OH is 1. The minimum absolute atomic E-state index is 0.149. The van der Waals surface area contributed by atoms with Gasteiger partial charge >= 0.3 is 0 Å². The molecule has 0 aromatic heterocycles. The highest BCUT2D eigenvalue weighted by Crippen LogP contribution is 2.08. The number of unbranched alkanes of at least 4 members (excludes halogenated alkanes) is 3. The molecule has 5 heteroatoms. The average molecular weight is 224 g/mol. The maximum absolute atomic E-state index is 10.3. The maximum atomic E-state index is 10.3. The highest BCUT2D eigenvalue weighted by Gasteiger charge is 2.04. The number of rotatable bonds is 8. The fourth-order valence-electron chi connectivity index (χ4n) is 1.22. The van der Waals surface area contributed by atoms with Gasteiger partial charge in [-0.1, -0.05) is 26.2 Å². The van der Waals surface area contributed by atoms with Crippen LogP contribution in [0.1, 0.15) is 45.4 Å². The summed E-state index contributed by atoms with van der Waals surface area (Å²) in [4.78, 5) is 0. The van der Waals surface area contributed by atoms with Crippen LogP contribution in [0, 0.1) is 0 Å². The van der Waals surface area contributed by atoms with E-state index in [2.05, 4.69) is 0 Å². The smallest absolute Gasteiger partial charge is 0.264 e. The van der Waals surface area contributed by atoms with E-state index < -0.39 is 10.1 Å². The third kappa shape index (κ3) is 9.95. The van der Waals surface area contributed by atoms with Gasteiger partial charge in [-0.05, 0) is 19.3 Å². The highest BCUT2D eigenvalue weighted by molar-refractivity contribution is 7.85. The summed E-state index contributed by atoms with van der Waals surface area (Å²) in [6.07, 6.45) is 4.44. The summed E-state index contributed by atoms with van der Waals surface area (Å²) in [5.41, 5.74) is 0. The van der Waals surface area contributed by atoms with E-state index in [-0.39, 0.29) is 11.9 Å². The van der Waals surface area contributed by atoms with Gasteiger partial charge in [0.15, 0.2) is 0 Å². The number of hydrogen-bond acceptors (Lipinski definition) is 3. The summed E-state index contributed by atoms with van der Waals surface area (Å²) < 4.78 is 29.1. The molecule has 0 spiro atoms. The summed E-state index contributed by atoms with van der Waals surface area (Å²) in [6.45, 7) is 1.93. The molecule has 0 rings (SSSR count). The fraction of sp³-hybridized carbons (Fsp3) is 1.00. The van der Waals surface area contributed by atoms with E-state index in [0.717, 1.165) is 32.1 Å². The Balaban J connectivity index is 3.23. The van der Waals surface area contributed by atoms with Crippen LogP contribution in [0.25, 0.3) is 0 Å². The van der Waals surface area contributed by atoms with Crippen molar-refractivity contribution in [2.24, 2.45) is 0 Å².